The molecule has 0 N–H and O–H groups in total. The highest BCUT2D eigenvalue weighted by Gasteiger charge is 2.36. The Balaban J connectivity index is 2.06. The van der Waals surface area contributed by atoms with Crippen LogP contribution in [0.1, 0.15) is 33.6 Å². The van der Waals surface area contributed by atoms with Crippen LogP contribution in [0.3, 0.4) is 0 Å². The van der Waals surface area contributed by atoms with E-state index in [4.69, 9.17) is 4.74 Å². The van der Waals surface area contributed by atoms with Gasteiger partial charge >= 0.3 is 6.09 Å². The van der Waals surface area contributed by atoms with Crippen LogP contribution < -0.4 is 0 Å². The molecule has 0 bridgehead atoms. The number of nitrogens with zero attached hydrogens (tertiary/aromatic N) is 3. The maximum Gasteiger partial charge on any atom is 0.410 e. The Labute approximate surface area is 115 Å². The first-order valence-electron chi connectivity index (χ1n) is 6.14. The number of amides is 1. The minimum Gasteiger partial charge on any atom is -0.444 e. The van der Waals surface area contributed by atoms with E-state index in [9.17, 15) is 4.79 Å². The van der Waals surface area contributed by atoms with Gasteiger partial charge in [0.25, 0.3) is 0 Å². The number of likely N-dealkylation sites (tertiary alicyclic amines) is 1. The molecule has 100 valence electrons. The van der Waals surface area contributed by atoms with Gasteiger partial charge in [0.2, 0.25) is 0 Å². The summed E-state index contributed by atoms with van der Waals surface area (Å²) in [5, 5.41) is 0. The quantitative estimate of drug-likeness (QED) is 0.746. The standard InChI is InChI=1S/C12H18BrN3O2/c1-12(2,3)18-11(17)16-6-4-5-8(16)10-14-7-9(13)15-10/h8H,4-7H2,1-3H3/t8-/m0/s1. The lowest BCUT2D eigenvalue weighted by Gasteiger charge is -2.27. The van der Waals surface area contributed by atoms with E-state index >= 15 is 0 Å². The summed E-state index contributed by atoms with van der Waals surface area (Å²) in [7, 11) is 0. The lowest BCUT2D eigenvalue weighted by molar-refractivity contribution is 0.0265. The van der Waals surface area contributed by atoms with E-state index in [0.717, 1.165) is 23.3 Å². The van der Waals surface area contributed by atoms with Gasteiger partial charge in [-0.05, 0) is 49.5 Å². The topological polar surface area (TPSA) is 54.3 Å². The molecule has 5 nitrogen and oxygen atoms in total. The first-order chi connectivity index (χ1) is 8.37. The third-order valence-corrected chi connectivity index (χ3v) is 3.21. The van der Waals surface area contributed by atoms with Gasteiger partial charge < -0.3 is 4.74 Å². The van der Waals surface area contributed by atoms with Gasteiger partial charge in [-0.2, -0.15) is 0 Å². The van der Waals surface area contributed by atoms with Gasteiger partial charge in [-0.3, -0.25) is 9.89 Å². The lowest BCUT2D eigenvalue weighted by Crippen LogP contribution is -2.42. The van der Waals surface area contributed by atoms with Gasteiger partial charge in [0.05, 0.1) is 12.6 Å². The molecule has 0 aromatic rings. The van der Waals surface area contributed by atoms with Crippen LogP contribution in [0.15, 0.2) is 9.98 Å². The minimum atomic E-state index is -0.467. The molecule has 2 heterocycles. The zero-order valence-electron chi connectivity index (χ0n) is 10.9. The molecule has 2 aliphatic heterocycles. The predicted octanol–water partition coefficient (Wildman–Crippen LogP) is 2.59. The van der Waals surface area contributed by atoms with Crippen LogP contribution in [0, 0.1) is 0 Å². The highest BCUT2D eigenvalue weighted by atomic mass is 79.9. The molecular weight excluding hydrogens is 298 g/mol. The Morgan fingerprint density at radius 2 is 2.22 bits per heavy atom. The van der Waals surface area contributed by atoms with Crippen molar-refractivity contribution >= 4 is 32.5 Å². The van der Waals surface area contributed by atoms with Crippen molar-refractivity contribution in [2.24, 2.45) is 9.98 Å². The van der Waals surface area contributed by atoms with Crippen LogP contribution in [-0.4, -0.2) is 46.2 Å². The summed E-state index contributed by atoms with van der Waals surface area (Å²) >= 11 is 3.33. The third-order valence-electron chi connectivity index (χ3n) is 2.79. The molecule has 6 heteroatoms. The van der Waals surface area contributed by atoms with Crippen molar-refractivity contribution in [2.75, 3.05) is 13.1 Å². The summed E-state index contributed by atoms with van der Waals surface area (Å²) in [4.78, 5) is 22.5. The largest absolute Gasteiger partial charge is 0.444 e. The highest BCUT2D eigenvalue weighted by Crippen LogP contribution is 2.24. The molecule has 0 spiro atoms. The molecule has 0 saturated carbocycles. The monoisotopic (exact) mass is 315 g/mol. The van der Waals surface area contributed by atoms with Crippen LogP contribution in [0.25, 0.3) is 0 Å². The van der Waals surface area contributed by atoms with Crippen molar-refractivity contribution in [2.45, 2.75) is 45.3 Å². The number of amidine groups is 1. The zero-order valence-corrected chi connectivity index (χ0v) is 12.5. The molecular formula is C12H18BrN3O2. The average Bonchev–Trinajstić information content (AvgIpc) is 2.81. The predicted molar refractivity (Wildman–Crippen MR) is 74.6 cm³/mol. The van der Waals surface area contributed by atoms with E-state index in [2.05, 4.69) is 25.9 Å². The number of aliphatic imine (C=N–C) groups is 2. The summed E-state index contributed by atoms with van der Waals surface area (Å²) in [6.07, 6.45) is 1.60. The van der Waals surface area contributed by atoms with E-state index in [-0.39, 0.29) is 12.1 Å². The Kier molecular flexibility index (Phi) is 3.75. The van der Waals surface area contributed by atoms with Crippen molar-refractivity contribution in [3.05, 3.63) is 0 Å². The van der Waals surface area contributed by atoms with Crippen molar-refractivity contribution in [3.8, 4) is 0 Å². The Morgan fingerprint density at radius 3 is 2.78 bits per heavy atom. The molecule has 2 rings (SSSR count). The zero-order chi connectivity index (χ0) is 13.3. The van der Waals surface area contributed by atoms with Gasteiger partial charge in [0.1, 0.15) is 16.1 Å². The number of hydrogen-bond acceptors (Lipinski definition) is 4. The molecule has 2 aliphatic rings. The van der Waals surface area contributed by atoms with E-state index in [1.54, 1.807) is 4.90 Å². The van der Waals surface area contributed by atoms with Crippen LogP contribution >= 0.6 is 15.9 Å². The summed E-state index contributed by atoms with van der Waals surface area (Å²) in [6.45, 7) is 6.91. The SMILES string of the molecule is CC(C)(C)OC(=O)N1CCC[C@H]1C1=NCC(Br)=N1. The number of hydrogen-bond donors (Lipinski definition) is 0. The van der Waals surface area contributed by atoms with E-state index in [1.807, 2.05) is 20.8 Å². The average molecular weight is 316 g/mol. The van der Waals surface area contributed by atoms with Gasteiger partial charge in [-0.15, -0.1) is 0 Å². The molecule has 0 radical (unpaired) electrons. The van der Waals surface area contributed by atoms with Gasteiger partial charge in [-0.25, -0.2) is 9.79 Å². The molecule has 1 saturated heterocycles. The Morgan fingerprint density at radius 1 is 1.50 bits per heavy atom. The number of carbonyl (C=O) groups is 1. The second-order valence-corrected chi connectivity index (χ2v) is 6.41. The maximum atomic E-state index is 12.1. The third kappa shape index (κ3) is 3.10. The van der Waals surface area contributed by atoms with E-state index in [0.29, 0.717) is 13.1 Å². The Hall–Kier alpha value is -0.910. The van der Waals surface area contributed by atoms with Crippen molar-refractivity contribution < 1.29 is 9.53 Å². The minimum absolute atomic E-state index is 0.0325. The van der Waals surface area contributed by atoms with Crippen LogP contribution in [0.5, 0.6) is 0 Å². The van der Waals surface area contributed by atoms with Crippen molar-refractivity contribution in [3.63, 3.8) is 0 Å². The number of halogens is 1. The molecule has 1 fully saturated rings. The van der Waals surface area contributed by atoms with Gasteiger partial charge in [0.15, 0.2) is 0 Å². The normalized spacial score (nSPS) is 24.0. The summed E-state index contributed by atoms with van der Waals surface area (Å²) in [6, 6.07) is -0.0325. The van der Waals surface area contributed by atoms with Gasteiger partial charge in [-0.1, -0.05) is 0 Å². The van der Waals surface area contributed by atoms with E-state index in [1.165, 1.54) is 0 Å². The molecule has 0 aromatic carbocycles. The molecule has 1 amide bonds. The fraction of sp³-hybridized carbons (Fsp3) is 0.750. The Bertz CT molecular complexity index is 412. The van der Waals surface area contributed by atoms with Gasteiger partial charge in [0, 0.05) is 6.54 Å². The summed E-state index contributed by atoms with van der Waals surface area (Å²) in [5.74, 6) is 0.741. The molecule has 18 heavy (non-hydrogen) atoms. The van der Waals surface area contributed by atoms with E-state index < -0.39 is 5.60 Å². The second-order valence-electron chi connectivity index (χ2n) is 5.49. The molecule has 0 aromatic heterocycles. The smallest absolute Gasteiger partial charge is 0.410 e. The summed E-state index contributed by atoms with van der Waals surface area (Å²) < 4.78 is 6.24. The molecule has 0 unspecified atom stereocenters. The summed E-state index contributed by atoms with van der Waals surface area (Å²) in [5.41, 5.74) is -0.467. The van der Waals surface area contributed by atoms with Crippen LogP contribution in [0.4, 0.5) is 4.79 Å². The molecule has 0 aliphatic carbocycles. The number of ether oxygens (including phenoxy) is 1. The lowest BCUT2D eigenvalue weighted by atomic mass is 10.2. The fourth-order valence-corrected chi connectivity index (χ4v) is 2.40. The first-order valence-corrected chi connectivity index (χ1v) is 6.93. The second kappa shape index (κ2) is 4.99. The highest BCUT2D eigenvalue weighted by molar-refractivity contribution is 9.18. The maximum absolute atomic E-state index is 12.1. The fourth-order valence-electron chi connectivity index (χ4n) is 2.10. The first kappa shape index (κ1) is 13.5. The number of carbonyl (C=O) groups excluding carboxylic acids is 1. The van der Waals surface area contributed by atoms with Crippen molar-refractivity contribution in [1.29, 1.82) is 0 Å². The van der Waals surface area contributed by atoms with Crippen LogP contribution in [-0.2, 0) is 4.74 Å². The molecule has 1 atom stereocenters. The van der Waals surface area contributed by atoms with Crippen molar-refractivity contribution in [1.82, 2.24) is 4.90 Å². The number of rotatable bonds is 1. The van der Waals surface area contributed by atoms with Crippen LogP contribution in [0.2, 0.25) is 0 Å².